The Morgan fingerprint density at radius 2 is 2.12 bits per heavy atom. The number of carbonyl (C=O) groups is 2. The molecule has 1 aromatic rings. The fraction of sp³-hybridized carbons (Fsp3) is 0.273. The Morgan fingerprint density at radius 1 is 1.44 bits per heavy atom. The summed E-state index contributed by atoms with van der Waals surface area (Å²) in [5.41, 5.74) is 1.44. The molecule has 5 heteroatoms. The molecule has 0 radical (unpaired) electrons. The zero-order valence-electron chi connectivity index (χ0n) is 9.00. The fourth-order valence-corrected chi connectivity index (χ4v) is 1.79. The Balaban J connectivity index is 2.40. The van der Waals surface area contributed by atoms with Crippen LogP contribution in [0, 0.1) is 0 Å². The third-order valence-corrected chi connectivity index (χ3v) is 2.76. The van der Waals surface area contributed by atoms with Gasteiger partial charge in [0.15, 0.2) is 0 Å². The largest absolute Gasteiger partial charge is 0.465 e. The molecule has 5 nitrogen and oxygen atoms in total. The van der Waals surface area contributed by atoms with Gasteiger partial charge in [-0.25, -0.2) is 4.79 Å². The highest BCUT2D eigenvalue weighted by Crippen LogP contribution is 2.38. The lowest BCUT2D eigenvalue weighted by molar-refractivity contribution is -0.119. The van der Waals surface area contributed by atoms with Crippen molar-refractivity contribution >= 4 is 23.4 Å². The van der Waals surface area contributed by atoms with E-state index >= 15 is 0 Å². The van der Waals surface area contributed by atoms with Crippen molar-refractivity contribution in [3.8, 4) is 0 Å². The monoisotopic (exact) mass is 220 g/mol. The topological polar surface area (TPSA) is 78.4 Å². The van der Waals surface area contributed by atoms with Crippen LogP contribution in [0.1, 0.15) is 19.4 Å². The van der Waals surface area contributed by atoms with Crippen LogP contribution < -0.4 is 10.6 Å². The Bertz CT molecular complexity index is 480. The smallest absolute Gasteiger partial charge is 0.409 e. The summed E-state index contributed by atoms with van der Waals surface area (Å²) in [6.45, 7) is 3.66. The molecule has 1 aliphatic heterocycles. The van der Waals surface area contributed by atoms with E-state index in [0.29, 0.717) is 11.4 Å². The molecule has 0 atom stereocenters. The van der Waals surface area contributed by atoms with Gasteiger partial charge in [-0.1, -0.05) is 6.07 Å². The normalized spacial score (nSPS) is 16.5. The number of fused-ring (bicyclic) bond motifs is 1. The van der Waals surface area contributed by atoms with Crippen LogP contribution in [0.5, 0.6) is 0 Å². The zero-order valence-corrected chi connectivity index (χ0v) is 9.00. The molecule has 0 saturated heterocycles. The highest BCUT2D eigenvalue weighted by atomic mass is 16.4. The number of nitrogens with one attached hydrogen (secondary N) is 2. The van der Waals surface area contributed by atoms with Crippen LogP contribution in [0.2, 0.25) is 0 Å². The maximum absolute atomic E-state index is 11.6. The number of hydrogen-bond acceptors (Lipinski definition) is 2. The van der Waals surface area contributed by atoms with E-state index in [9.17, 15) is 9.59 Å². The molecule has 0 spiro atoms. The Labute approximate surface area is 92.5 Å². The van der Waals surface area contributed by atoms with Gasteiger partial charge in [-0.3, -0.25) is 10.1 Å². The molecule has 1 aliphatic rings. The van der Waals surface area contributed by atoms with Crippen molar-refractivity contribution in [1.82, 2.24) is 0 Å². The predicted octanol–water partition coefficient (Wildman–Crippen LogP) is 2.01. The summed E-state index contributed by atoms with van der Waals surface area (Å²) >= 11 is 0. The number of rotatable bonds is 1. The van der Waals surface area contributed by atoms with E-state index in [4.69, 9.17) is 5.11 Å². The van der Waals surface area contributed by atoms with E-state index in [2.05, 4.69) is 10.6 Å². The summed E-state index contributed by atoms with van der Waals surface area (Å²) in [7, 11) is 0. The molecule has 16 heavy (non-hydrogen) atoms. The summed E-state index contributed by atoms with van der Waals surface area (Å²) in [6.07, 6.45) is -1.12. The maximum Gasteiger partial charge on any atom is 0.409 e. The van der Waals surface area contributed by atoms with Crippen LogP contribution in [0.4, 0.5) is 16.2 Å². The van der Waals surface area contributed by atoms with Gasteiger partial charge < -0.3 is 10.4 Å². The van der Waals surface area contributed by atoms with Crippen LogP contribution in [0.3, 0.4) is 0 Å². The average Bonchev–Trinajstić information content (AvgIpc) is 2.36. The molecule has 84 valence electrons. The zero-order chi connectivity index (χ0) is 11.9. The number of benzene rings is 1. The van der Waals surface area contributed by atoms with Gasteiger partial charge in [-0.15, -0.1) is 0 Å². The molecule has 0 aromatic heterocycles. The first-order chi connectivity index (χ1) is 7.41. The minimum absolute atomic E-state index is 0.0741. The van der Waals surface area contributed by atoms with E-state index in [1.807, 2.05) is 13.8 Å². The van der Waals surface area contributed by atoms with Gasteiger partial charge in [-0.2, -0.15) is 0 Å². The van der Waals surface area contributed by atoms with E-state index in [1.165, 1.54) is 0 Å². The molecule has 0 unspecified atom stereocenters. The molecule has 1 aromatic carbocycles. The van der Waals surface area contributed by atoms with Gasteiger partial charge in [0.05, 0.1) is 5.41 Å². The summed E-state index contributed by atoms with van der Waals surface area (Å²) < 4.78 is 0. The predicted molar refractivity (Wildman–Crippen MR) is 59.7 cm³/mol. The second-order valence-electron chi connectivity index (χ2n) is 4.27. The minimum Gasteiger partial charge on any atom is -0.465 e. The lowest BCUT2D eigenvalue weighted by Crippen LogP contribution is -2.26. The molecule has 0 saturated carbocycles. The SMILES string of the molecule is CC1(C)C(=O)Nc2cc(NC(=O)O)ccc21. The first-order valence-corrected chi connectivity index (χ1v) is 4.87. The third kappa shape index (κ3) is 1.50. The number of anilines is 2. The van der Waals surface area contributed by atoms with E-state index in [-0.39, 0.29) is 5.91 Å². The number of carboxylic acid groups (broad SMARTS) is 1. The van der Waals surface area contributed by atoms with Gasteiger partial charge >= 0.3 is 6.09 Å². The molecule has 0 bridgehead atoms. The molecular weight excluding hydrogens is 208 g/mol. The van der Waals surface area contributed by atoms with Crippen LogP contribution in [0.15, 0.2) is 18.2 Å². The lowest BCUT2D eigenvalue weighted by Gasteiger charge is -2.14. The van der Waals surface area contributed by atoms with Gasteiger partial charge in [0, 0.05) is 11.4 Å². The van der Waals surface area contributed by atoms with Gasteiger partial charge in [0.25, 0.3) is 0 Å². The van der Waals surface area contributed by atoms with E-state index < -0.39 is 11.5 Å². The quantitative estimate of drug-likeness (QED) is 0.677. The van der Waals surface area contributed by atoms with Crippen LogP contribution >= 0.6 is 0 Å². The summed E-state index contributed by atoms with van der Waals surface area (Å²) in [5, 5.41) is 13.5. The van der Waals surface area contributed by atoms with Crippen molar-refractivity contribution in [2.75, 3.05) is 10.6 Å². The lowest BCUT2D eigenvalue weighted by atomic mass is 9.86. The van der Waals surface area contributed by atoms with Crippen LogP contribution in [0.25, 0.3) is 0 Å². The van der Waals surface area contributed by atoms with Gasteiger partial charge in [-0.05, 0) is 31.5 Å². The highest BCUT2D eigenvalue weighted by molar-refractivity contribution is 6.06. The van der Waals surface area contributed by atoms with Crippen LogP contribution in [-0.4, -0.2) is 17.1 Å². The minimum atomic E-state index is -1.12. The van der Waals surface area contributed by atoms with Crippen LogP contribution in [-0.2, 0) is 10.2 Å². The molecule has 0 fully saturated rings. The van der Waals surface area contributed by atoms with Gasteiger partial charge in [0.2, 0.25) is 5.91 Å². The highest BCUT2D eigenvalue weighted by Gasteiger charge is 2.38. The Kier molecular flexibility index (Phi) is 2.11. The molecule has 2 rings (SSSR count). The van der Waals surface area contributed by atoms with Crippen molar-refractivity contribution in [2.24, 2.45) is 0 Å². The first-order valence-electron chi connectivity index (χ1n) is 4.87. The molecule has 2 amide bonds. The second kappa shape index (κ2) is 3.23. The van der Waals surface area contributed by atoms with Crippen molar-refractivity contribution in [2.45, 2.75) is 19.3 Å². The standard InChI is InChI=1S/C11H12N2O3/c1-11(2)7-4-3-6(12-10(15)16)5-8(7)13-9(11)14/h3-5,12H,1-2H3,(H,13,14)(H,15,16). The van der Waals surface area contributed by atoms with Gasteiger partial charge in [0.1, 0.15) is 0 Å². The average molecular weight is 220 g/mol. The third-order valence-electron chi connectivity index (χ3n) is 2.76. The second-order valence-corrected chi connectivity index (χ2v) is 4.27. The number of carbonyl (C=O) groups excluding carboxylic acids is 1. The first kappa shape index (κ1) is 10.5. The fourth-order valence-electron chi connectivity index (χ4n) is 1.79. The van der Waals surface area contributed by atoms with E-state index in [0.717, 1.165) is 5.56 Å². The van der Waals surface area contributed by atoms with E-state index in [1.54, 1.807) is 18.2 Å². The summed E-state index contributed by atoms with van der Waals surface area (Å²) in [4.78, 5) is 22.1. The molecule has 3 N–H and O–H groups in total. The van der Waals surface area contributed by atoms with Crippen molar-refractivity contribution in [3.05, 3.63) is 23.8 Å². The summed E-state index contributed by atoms with van der Waals surface area (Å²) in [6, 6.07) is 5.03. The molecule has 1 heterocycles. The van der Waals surface area contributed by atoms with Crippen molar-refractivity contribution in [1.29, 1.82) is 0 Å². The number of amides is 2. The molecular formula is C11H12N2O3. The molecule has 0 aliphatic carbocycles. The maximum atomic E-state index is 11.6. The number of hydrogen-bond donors (Lipinski definition) is 3. The Morgan fingerprint density at radius 3 is 2.75 bits per heavy atom. The van der Waals surface area contributed by atoms with Crippen molar-refractivity contribution in [3.63, 3.8) is 0 Å². The Hall–Kier alpha value is -2.04. The van der Waals surface area contributed by atoms with Crippen molar-refractivity contribution < 1.29 is 14.7 Å². The summed E-state index contributed by atoms with van der Waals surface area (Å²) in [5.74, 6) is -0.0741.